The molecule has 0 saturated heterocycles. The summed E-state index contributed by atoms with van der Waals surface area (Å²) in [6.07, 6.45) is 0. The highest BCUT2D eigenvalue weighted by Gasteiger charge is 2.13. The zero-order valence-electron chi connectivity index (χ0n) is 9.43. The van der Waals surface area contributed by atoms with Gasteiger partial charge in [0.2, 0.25) is 0 Å². The molecule has 0 unspecified atom stereocenters. The Balaban J connectivity index is 3.38. The molecule has 0 heterocycles. The molecule has 15 heavy (non-hydrogen) atoms. The number of methoxy groups -OCH3 is 1. The molecule has 82 valence electrons. The van der Waals surface area contributed by atoms with Crippen LogP contribution in [0.4, 0.5) is 0 Å². The molecule has 0 radical (unpaired) electrons. The minimum atomic E-state index is 0.0441. The van der Waals surface area contributed by atoms with Crippen LogP contribution in [-0.2, 0) is 0 Å². The summed E-state index contributed by atoms with van der Waals surface area (Å²) >= 11 is 3.38. The first-order valence-corrected chi connectivity index (χ1v) is 5.65. The molecule has 0 atom stereocenters. The average molecular weight is 271 g/mol. The van der Waals surface area contributed by atoms with Crippen molar-refractivity contribution in [3.8, 4) is 5.75 Å². The normalized spacial score (nSPS) is 10.5. The third-order valence-corrected chi connectivity index (χ3v) is 3.15. The van der Waals surface area contributed by atoms with Crippen LogP contribution < -0.4 is 4.74 Å². The SMILES string of the molecule is COc1cc(C(C)C)cc(C(C)=O)c1Br. The maximum Gasteiger partial charge on any atom is 0.161 e. The van der Waals surface area contributed by atoms with Gasteiger partial charge in [-0.25, -0.2) is 0 Å². The summed E-state index contributed by atoms with van der Waals surface area (Å²) in [5, 5.41) is 0. The molecule has 3 heteroatoms. The second-order valence-electron chi connectivity index (χ2n) is 3.80. The standard InChI is InChI=1S/C12H15BrO2/c1-7(2)9-5-10(8(3)14)12(13)11(6-9)15-4/h5-7H,1-4H3. The summed E-state index contributed by atoms with van der Waals surface area (Å²) in [6, 6.07) is 3.88. The van der Waals surface area contributed by atoms with Gasteiger partial charge in [0.1, 0.15) is 5.75 Å². The maximum absolute atomic E-state index is 11.4. The lowest BCUT2D eigenvalue weighted by molar-refractivity contribution is 0.101. The first kappa shape index (κ1) is 12.2. The Hall–Kier alpha value is -0.830. The van der Waals surface area contributed by atoms with E-state index in [9.17, 15) is 4.79 Å². The molecule has 0 spiro atoms. The Morgan fingerprint density at radius 1 is 1.40 bits per heavy atom. The second-order valence-corrected chi connectivity index (χ2v) is 4.59. The predicted molar refractivity (Wildman–Crippen MR) is 64.8 cm³/mol. The molecule has 1 aromatic carbocycles. The largest absolute Gasteiger partial charge is 0.496 e. The van der Waals surface area contributed by atoms with Crippen molar-refractivity contribution in [1.29, 1.82) is 0 Å². The van der Waals surface area contributed by atoms with E-state index in [0.29, 0.717) is 17.2 Å². The molecular weight excluding hydrogens is 256 g/mol. The van der Waals surface area contributed by atoms with Gasteiger partial charge in [-0.05, 0) is 46.5 Å². The van der Waals surface area contributed by atoms with Crippen molar-refractivity contribution < 1.29 is 9.53 Å². The van der Waals surface area contributed by atoms with Crippen molar-refractivity contribution in [3.63, 3.8) is 0 Å². The van der Waals surface area contributed by atoms with Gasteiger partial charge < -0.3 is 4.74 Å². The van der Waals surface area contributed by atoms with Crippen molar-refractivity contribution in [3.05, 3.63) is 27.7 Å². The molecule has 0 aliphatic rings. The number of ether oxygens (including phenoxy) is 1. The Labute approximate surface area is 98.8 Å². The van der Waals surface area contributed by atoms with E-state index in [1.54, 1.807) is 14.0 Å². The van der Waals surface area contributed by atoms with Crippen LogP contribution in [0.5, 0.6) is 5.75 Å². The van der Waals surface area contributed by atoms with Crippen molar-refractivity contribution in [2.45, 2.75) is 26.7 Å². The first-order valence-electron chi connectivity index (χ1n) is 4.85. The van der Waals surface area contributed by atoms with Gasteiger partial charge >= 0.3 is 0 Å². The Morgan fingerprint density at radius 2 is 2.00 bits per heavy atom. The van der Waals surface area contributed by atoms with Crippen molar-refractivity contribution in [1.82, 2.24) is 0 Å². The minimum absolute atomic E-state index is 0.0441. The Kier molecular flexibility index (Phi) is 3.91. The van der Waals surface area contributed by atoms with E-state index in [2.05, 4.69) is 29.8 Å². The number of ketones is 1. The number of benzene rings is 1. The molecule has 2 nitrogen and oxygen atoms in total. The number of carbonyl (C=O) groups excluding carboxylic acids is 1. The molecule has 0 aliphatic heterocycles. The summed E-state index contributed by atoms with van der Waals surface area (Å²) in [4.78, 5) is 11.4. The molecule has 0 aromatic heterocycles. The van der Waals surface area contributed by atoms with Crippen LogP contribution >= 0.6 is 15.9 Å². The zero-order chi connectivity index (χ0) is 11.6. The smallest absolute Gasteiger partial charge is 0.161 e. The molecule has 1 aromatic rings. The van der Waals surface area contributed by atoms with Gasteiger partial charge in [-0.15, -0.1) is 0 Å². The number of hydrogen-bond acceptors (Lipinski definition) is 2. The van der Waals surface area contributed by atoms with Crippen molar-refractivity contribution in [2.75, 3.05) is 7.11 Å². The van der Waals surface area contributed by atoms with E-state index in [1.165, 1.54) is 0 Å². The highest BCUT2D eigenvalue weighted by atomic mass is 79.9. The van der Waals surface area contributed by atoms with E-state index in [4.69, 9.17) is 4.74 Å². The fourth-order valence-corrected chi connectivity index (χ4v) is 2.03. The number of carbonyl (C=O) groups is 1. The van der Waals surface area contributed by atoms with Gasteiger partial charge in [0.15, 0.2) is 5.78 Å². The van der Waals surface area contributed by atoms with Crippen molar-refractivity contribution >= 4 is 21.7 Å². The van der Waals surface area contributed by atoms with Crippen molar-refractivity contribution in [2.24, 2.45) is 0 Å². The molecule has 0 amide bonds. The van der Waals surface area contributed by atoms with Gasteiger partial charge in [-0.2, -0.15) is 0 Å². The van der Waals surface area contributed by atoms with Crippen LogP contribution in [0, 0.1) is 0 Å². The zero-order valence-corrected chi connectivity index (χ0v) is 11.0. The van der Waals surface area contributed by atoms with E-state index >= 15 is 0 Å². The van der Waals surface area contributed by atoms with E-state index in [-0.39, 0.29) is 5.78 Å². The lowest BCUT2D eigenvalue weighted by atomic mass is 9.99. The Bertz CT molecular complexity index is 383. The molecule has 0 aliphatic carbocycles. The highest BCUT2D eigenvalue weighted by Crippen LogP contribution is 2.32. The van der Waals surface area contributed by atoms with Gasteiger partial charge in [0.05, 0.1) is 11.6 Å². The summed E-state index contributed by atoms with van der Waals surface area (Å²) in [6.45, 7) is 5.74. The van der Waals surface area contributed by atoms with E-state index < -0.39 is 0 Å². The topological polar surface area (TPSA) is 26.3 Å². The third-order valence-electron chi connectivity index (χ3n) is 2.33. The summed E-state index contributed by atoms with van der Waals surface area (Å²) in [5.74, 6) is 1.14. The van der Waals surface area contributed by atoms with Crippen LogP contribution in [0.3, 0.4) is 0 Å². The number of Topliss-reactive ketones (excluding diaryl/α,β-unsaturated/α-hetero) is 1. The highest BCUT2D eigenvalue weighted by molar-refractivity contribution is 9.10. The van der Waals surface area contributed by atoms with Crippen LogP contribution in [0.25, 0.3) is 0 Å². The minimum Gasteiger partial charge on any atom is -0.496 e. The van der Waals surface area contributed by atoms with Crippen LogP contribution in [0.2, 0.25) is 0 Å². The second kappa shape index (κ2) is 4.79. The van der Waals surface area contributed by atoms with Crippen LogP contribution in [0.1, 0.15) is 42.6 Å². The van der Waals surface area contributed by atoms with E-state index in [1.807, 2.05) is 12.1 Å². The van der Waals surface area contributed by atoms with E-state index in [0.717, 1.165) is 10.0 Å². The Morgan fingerprint density at radius 3 is 2.40 bits per heavy atom. The number of halogens is 1. The fourth-order valence-electron chi connectivity index (χ4n) is 1.36. The quantitative estimate of drug-likeness (QED) is 0.782. The monoisotopic (exact) mass is 270 g/mol. The number of rotatable bonds is 3. The molecule has 0 fully saturated rings. The summed E-state index contributed by atoms with van der Waals surface area (Å²) < 4.78 is 5.97. The lowest BCUT2D eigenvalue weighted by Gasteiger charge is -2.12. The average Bonchev–Trinajstić information content (AvgIpc) is 2.17. The van der Waals surface area contributed by atoms with Gasteiger partial charge in [-0.1, -0.05) is 13.8 Å². The molecule has 1 rings (SSSR count). The molecule has 0 bridgehead atoms. The number of hydrogen-bond donors (Lipinski definition) is 0. The van der Waals surface area contributed by atoms with Gasteiger partial charge in [0, 0.05) is 5.56 Å². The lowest BCUT2D eigenvalue weighted by Crippen LogP contribution is -2.00. The maximum atomic E-state index is 11.4. The predicted octanol–water partition coefficient (Wildman–Crippen LogP) is 3.78. The van der Waals surface area contributed by atoms with Crippen LogP contribution in [-0.4, -0.2) is 12.9 Å². The molecule has 0 saturated carbocycles. The van der Waals surface area contributed by atoms with Gasteiger partial charge in [-0.3, -0.25) is 4.79 Å². The molecule has 0 N–H and O–H groups in total. The fraction of sp³-hybridized carbons (Fsp3) is 0.417. The van der Waals surface area contributed by atoms with Gasteiger partial charge in [0.25, 0.3) is 0 Å². The third kappa shape index (κ3) is 2.59. The summed E-state index contributed by atoms with van der Waals surface area (Å²) in [5.41, 5.74) is 1.79. The summed E-state index contributed by atoms with van der Waals surface area (Å²) in [7, 11) is 1.61. The van der Waals surface area contributed by atoms with Crippen LogP contribution in [0.15, 0.2) is 16.6 Å². The molecular formula is C12H15BrO2. The first-order chi connectivity index (χ1) is 6.97.